The van der Waals surface area contributed by atoms with Gasteiger partial charge in [0.2, 0.25) is 5.91 Å². The minimum absolute atomic E-state index is 0.0316. The number of amides is 1. The lowest BCUT2D eigenvalue weighted by Crippen LogP contribution is -2.55. The fourth-order valence-electron chi connectivity index (χ4n) is 5.25. The topological polar surface area (TPSA) is 82.6 Å². The first kappa shape index (κ1) is 23.5. The molecule has 2 aliphatic heterocycles. The molecule has 0 saturated carbocycles. The summed E-state index contributed by atoms with van der Waals surface area (Å²) in [6, 6.07) is 14.6. The van der Waals surface area contributed by atoms with Gasteiger partial charge < -0.3 is 15.4 Å². The number of fused-ring (bicyclic) bond motifs is 2. The highest BCUT2D eigenvalue weighted by molar-refractivity contribution is 5.99. The summed E-state index contributed by atoms with van der Waals surface area (Å²) in [5, 5.41) is 7.41. The molecule has 0 radical (unpaired) electrons. The molecule has 0 aliphatic carbocycles. The highest BCUT2D eigenvalue weighted by Crippen LogP contribution is 2.33. The van der Waals surface area contributed by atoms with Gasteiger partial charge in [0.1, 0.15) is 17.9 Å². The van der Waals surface area contributed by atoms with Crippen molar-refractivity contribution in [3.05, 3.63) is 54.4 Å². The van der Waals surface area contributed by atoms with Crippen LogP contribution in [0, 0.1) is 0 Å². The summed E-state index contributed by atoms with van der Waals surface area (Å²) in [6.07, 6.45) is 5.36. The first-order valence-corrected chi connectivity index (χ1v) is 12.5. The third-order valence-electron chi connectivity index (χ3n) is 7.17. The summed E-state index contributed by atoms with van der Waals surface area (Å²) >= 11 is 0. The molecule has 35 heavy (non-hydrogen) atoms. The van der Waals surface area contributed by atoms with Crippen LogP contribution in [0.2, 0.25) is 0 Å². The Morgan fingerprint density at radius 2 is 2.00 bits per heavy atom. The normalized spacial score (nSPS) is 19.7. The minimum atomic E-state index is -0.0316. The largest absolute Gasteiger partial charge is 0.494 e. The van der Waals surface area contributed by atoms with Crippen LogP contribution in [0.15, 0.2) is 48.8 Å². The maximum atomic E-state index is 13.0. The first-order chi connectivity index (χ1) is 17.1. The molecule has 0 bridgehead atoms. The monoisotopic (exact) mass is 474 g/mol. The van der Waals surface area contributed by atoms with Crippen LogP contribution in [-0.2, 0) is 4.79 Å². The second-order valence-electron chi connectivity index (χ2n) is 9.54. The van der Waals surface area contributed by atoms with Crippen molar-refractivity contribution < 1.29 is 9.53 Å². The van der Waals surface area contributed by atoms with Crippen molar-refractivity contribution in [2.24, 2.45) is 0 Å². The molecule has 2 aromatic carbocycles. The zero-order chi connectivity index (χ0) is 24.2. The predicted octanol–water partition coefficient (Wildman–Crippen LogP) is 3.92. The lowest BCUT2D eigenvalue weighted by atomic mass is 9.99. The number of ether oxygens (including phenoxy) is 1. The van der Waals surface area contributed by atoms with E-state index in [1.54, 1.807) is 13.4 Å². The van der Waals surface area contributed by atoms with E-state index in [1.807, 2.05) is 30.3 Å². The van der Waals surface area contributed by atoms with E-state index in [0.29, 0.717) is 24.0 Å². The number of carbonyl (C=O) groups excluding carboxylic acids is 1. The lowest BCUT2D eigenvalue weighted by Gasteiger charge is -2.43. The molecule has 0 spiro atoms. The van der Waals surface area contributed by atoms with Crippen LogP contribution >= 0.6 is 0 Å². The van der Waals surface area contributed by atoms with Gasteiger partial charge in [-0.1, -0.05) is 36.8 Å². The molecule has 2 saturated heterocycles. The van der Waals surface area contributed by atoms with E-state index < -0.39 is 0 Å². The van der Waals surface area contributed by atoms with Crippen LogP contribution in [0.3, 0.4) is 0 Å². The van der Waals surface area contributed by atoms with E-state index in [1.165, 1.54) is 31.4 Å². The van der Waals surface area contributed by atoms with Gasteiger partial charge >= 0.3 is 0 Å². The molecule has 2 fully saturated rings. The van der Waals surface area contributed by atoms with Gasteiger partial charge in [-0.3, -0.25) is 14.6 Å². The maximum Gasteiger partial charge on any atom is 0.238 e. The molecule has 2 atom stereocenters. The van der Waals surface area contributed by atoms with Crippen molar-refractivity contribution in [1.82, 2.24) is 19.8 Å². The quantitative estimate of drug-likeness (QED) is 0.537. The summed E-state index contributed by atoms with van der Waals surface area (Å²) in [4.78, 5) is 26.8. The highest BCUT2D eigenvalue weighted by atomic mass is 16.5. The number of piperazine rings is 1. The number of methoxy groups -OCH3 is 1. The van der Waals surface area contributed by atoms with E-state index in [-0.39, 0.29) is 11.9 Å². The van der Waals surface area contributed by atoms with Crippen LogP contribution in [0.5, 0.6) is 5.75 Å². The smallest absolute Gasteiger partial charge is 0.238 e. The lowest BCUT2D eigenvalue weighted by molar-refractivity contribution is -0.118. The Labute approximate surface area is 206 Å². The SMILES string of the molecule is COc1cc2ncnc(N[C@H](C)c3ccccc3)c2cc1NC(=O)CN1CCN2CCCCC2C1. The zero-order valence-corrected chi connectivity index (χ0v) is 20.5. The van der Waals surface area contributed by atoms with Crippen LogP contribution in [0.1, 0.15) is 37.8 Å². The van der Waals surface area contributed by atoms with Gasteiger partial charge in [0.15, 0.2) is 0 Å². The fourth-order valence-corrected chi connectivity index (χ4v) is 5.25. The predicted molar refractivity (Wildman–Crippen MR) is 139 cm³/mol. The van der Waals surface area contributed by atoms with Gasteiger partial charge in [0, 0.05) is 43.2 Å². The summed E-state index contributed by atoms with van der Waals surface area (Å²) in [5.74, 6) is 1.28. The summed E-state index contributed by atoms with van der Waals surface area (Å²) in [7, 11) is 1.61. The van der Waals surface area contributed by atoms with Crippen molar-refractivity contribution in [2.75, 3.05) is 50.5 Å². The fraction of sp³-hybridized carbons (Fsp3) is 0.444. The summed E-state index contributed by atoms with van der Waals surface area (Å²) < 4.78 is 5.59. The molecular weight excluding hydrogens is 440 g/mol. The number of aromatic nitrogens is 2. The number of carbonyl (C=O) groups is 1. The molecule has 2 N–H and O–H groups in total. The number of benzene rings is 2. The molecule has 8 heteroatoms. The Morgan fingerprint density at radius 3 is 2.83 bits per heavy atom. The maximum absolute atomic E-state index is 13.0. The van der Waals surface area contributed by atoms with Crippen molar-refractivity contribution in [3.63, 3.8) is 0 Å². The second kappa shape index (κ2) is 10.6. The number of piperidine rings is 1. The molecule has 184 valence electrons. The zero-order valence-electron chi connectivity index (χ0n) is 20.5. The van der Waals surface area contributed by atoms with Gasteiger partial charge in [-0.05, 0) is 37.9 Å². The Kier molecular flexibility index (Phi) is 7.11. The van der Waals surface area contributed by atoms with Gasteiger partial charge in [-0.2, -0.15) is 0 Å². The summed E-state index contributed by atoms with van der Waals surface area (Å²) in [5.41, 5.74) is 2.55. The third-order valence-corrected chi connectivity index (χ3v) is 7.17. The number of hydrogen-bond acceptors (Lipinski definition) is 7. The number of rotatable bonds is 7. The van der Waals surface area contributed by atoms with Crippen molar-refractivity contribution in [1.29, 1.82) is 0 Å². The standard InChI is InChI=1S/C27H34N6O2/c1-19(20-8-4-3-5-9-20)30-27-22-14-24(25(35-2)15-23(22)28-18-29-27)31-26(34)17-32-12-13-33-11-7-6-10-21(33)16-32/h3-5,8-9,14-15,18-19,21H,6-7,10-13,16-17H2,1-2H3,(H,31,34)(H,28,29,30)/t19-,21?/m1/s1. The first-order valence-electron chi connectivity index (χ1n) is 12.5. The second-order valence-corrected chi connectivity index (χ2v) is 9.54. The van der Waals surface area contributed by atoms with E-state index in [2.05, 4.69) is 49.5 Å². The van der Waals surface area contributed by atoms with E-state index in [0.717, 1.165) is 36.4 Å². The Balaban J connectivity index is 1.32. The molecule has 2 aliphatic rings. The average Bonchev–Trinajstić information content (AvgIpc) is 2.89. The Morgan fingerprint density at radius 1 is 1.14 bits per heavy atom. The van der Waals surface area contributed by atoms with Crippen molar-refractivity contribution in [2.45, 2.75) is 38.3 Å². The van der Waals surface area contributed by atoms with Crippen LogP contribution in [-0.4, -0.2) is 71.6 Å². The molecular formula is C27H34N6O2. The molecule has 1 aromatic heterocycles. The third kappa shape index (κ3) is 5.39. The highest BCUT2D eigenvalue weighted by Gasteiger charge is 2.29. The van der Waals surface area contributed by atoms with Gasteiger partial charge in [-0.15, -0.1) is 0 Å². The number of anilines is 2. The molecule has 8 nitrogen and oxygen atoms in total. The average molecular weight is 475 g/mol. The molecule has 5 rings (SSSR count). The number of nitrogens with zero attached hydrogens (tertiary/aromatic N) is 4. The van der Waals surface area contributed by atoms with Gasteiger partial charge in [0.05, 0.1) is 24.9 Å². The van der Waals surface area contributed by atoms with Crippen molar-refractivity contribution >= 4 is 28.3 Å². The number of nitrogens with one attached hydrogen (secondary N) is 2. The number of hydrogen-bond donors (Lipinski definition) is 2. The summed E-state index contributed by atoms with van der Waals surface area (Å²) in [6.45, 7) is 6.61. The molecule has 1 amide bonds. The Hall–Kier alpha value is -3.23. The van der Waals surface area contributed by atoms with E-state index in [9.17, 15) is 4.79 Å². The van der Waals surface area contributed by atoms with Crippen LogP contribution in [0.4, 0.5) is 11.5 Å². The van der Waals surface area contributed by atoms with Crippen LogP contribution < -0.4 is 15.4 Å². The minimum Gasteiger partial charge on any atom is -0.494 e. The Bertz CT molecular complexity index is 1170. The molecule has 3 heterocycles. The van der Waals surface area contributed by atoms with Gasteiger partial charge in [0.25, 0.3) is 0 Å². The van der Waals surface area contributed by atoms with Crippen molar-refractivity contribution in [3.8, 4) is 5.75 Å². The van der Waals surface area contributed by atoms with Gasteiger partial charge in [-0.25, -0.2) is 9.97 Å². The van der Waals surface area contributed by atoms with E-state index >= 15 is 0 Å². The molecule has 1 unspecified atom stereocenters. The van der Waals surface area contributed by atoms with Crippen LogP contribution in [0.25, 0.3) is 10.9 Å². The van der Waals surface area contributed by atoms with E-state index in [4.69, 9.17) is 4.74 Å². The molecule has 3 aromatic rings.